The molecule has 0 saturated carbocycles. The molecular formula is C16H23N5O4. The van der Waals surface area contributed by atoms with Gasteiger partial charge in [-0.2, -0.15) is 0 Å². The number of carbonyl (C=O) groups is 3. The van der Waals surface area contributed by atoms with E-state index in [2.05, 4.69) is 15.3 Å². The summed E-state index contributed by atoms with van der Waals surface area (Å²) in [6.45, 7) is 6.71. The lowest BCUT2D eigenvalue weighted by atomic mass is 10.1. The molecule has 3 rings (SSSR count). The second-order valence-corrected chi connectivity index (χ2v) is 7.38. The first-order chi connectivity index (χ1) is 11.7. The first-order valence-corrected chi connectivity index (χ1v) is 8.32. The number of aromatic amines is 1. The van der Waals surface area contributed by atoms with E-state index in [1.807, 2.05) is 25.7 Å². The molecule has 1 saturated heterocycles. The van der Waals surface area contributed by atoms with Crippen molar-refractivity contribution in [2.24, 2.45) is 0 Å². The molecule has 0 bridgehead atoms. The number of carbonyl (C=O) groups excluding carboxylic acids is 3. The van der Waals surface area contributed by atoms with Gasteiger partial charge in [0, 0.05) is 26.2 Å². The van der Waals surface area contributed by atoms with Crippen LogP contribution in [0.3, 0.4) is 0 Å². The summed E-state index contributed by atoms with van der Waals surface area (Å²) >= 11 is 0. The molecule has 0 spiro atoms. The number of imidazole rings is 1. The summed E-state index contributed by atoms with van der Waals surface area (Å²) in [5.74, 6) is -0.294. The third-order valence-electron chi connectivity index (χ3n) is 4.16. The van der Waals surface area contributed by atoms with E-state index in [9.17, 15) is 14.4 Å². The number of nitrogens with one attached hydrogen (secondary N) is 2. The van der Waals surface area contributed by atoms with Crippen LogP contribution in [-0.4, -0.2) is 64.6 Å². The minimum atomic E-state index is -0.549. The van der Waals surface area contributed by atoms with Gasteiger partial charge >= 0.3 is 6.09 Å². The van der Waals surface area contributed by atoms with Crippen molar-refractivity contribution < 1.29 is 19.1 Å². The van der Waals surface area contributed by atoms with Crippen molar-refractivity contribution in [2.45, 2.75) is 45.3 Å². The van der Waals surface area contributed by atoms with Crippen molar-refractivity contribution in [1.82, 2.24) is 20.2 Å². The van der Waals surface area contributed by atoms with Crippen LogP contribution >= 0.6 is 0 Å². The van der Waals surface area contributed by atoms with Gasteiger partial charge in [0.05, 0.1) is 0 Å². The number of rotatable bonds is 2. The summed E-state index contributed by atoms with van der Waals surface area (Å²) in [4.78, 5) is 46.1. The van der Waals surface area contributed by atoms with Gasteiger partial charge in [-0.15, -0.1) is 0 Å². The molecule has 0 radical (unpaired) electrons. The second kappa shape index (κ2) is 6.05. The molecule has 9 nitrogen and oxygen atoms in total. The van der Waals surface area contributed by atoms with Crippen molar-refractivity contribution in [3.8, 4) is 0 Å². The van der Waals surface area contributed by atoms with E-state index in [0.29, 0.717) is 12.5 Å². The minimum absolute atomic E-state index is 0.0855. The van der Waals surface area contributed by atoms with Crippen LogP contribution in [-0.2, 0) is 4.74 Å². The average molecular weight is 349 g/mol. The fraction of sp³-hybridized carbons (Fsp3) is 0.625. The number of piperidine rings is 1. The van der Waals surface area contributed by atoms with Crippen LogP contribution in [0.2, 0.25) is 0 Å². The molecule has 1 aromatic rings. The Kier molecular flexibility index (Phi) is 4.18. The van der Waals surface area contributed by atoms with Gasteiger partial charge in [-0.25, -0.2) is 9.78 Å². The van der Waals surface area contributed by atoms with Crippen LogP contribution in [0.15, 0.2) is 0 Å². The molecule has 3 heterocycles. The molecule has 3 amide bonds. The third-order valence-corrected chi connectivity index (χ3v) is 4.16. The van der Waals surface area contributed by atoms with E-state index in [4.69, 9.17) is 4.74 Å². The standard InChI is InChI=1S/C16H23N5O4/c1-16(2,3)25-15(24)17-9-6-5-7-21(8-9)14-18-10-11(19-14)13(23)20(4)12(10)22/h9H,5-8H2,1-4H3,(H,17,24)(H,18,19). The molecule has 0 aromatic carbocycles. The molecule has 1 atom stereocenters. The predicted molar refractivity (Wildman–Crippen MR) is 89.6 cm³/mol. The van der Waals surface area contributed by atoms with E-state index >= 15 is 0 Å². The van der Waals surface area contributed by atoms with Crippen LogP contribution in [0, 0.1) is 0 Å². The van der Waals surface area contributed by atoms with Crippen molar-refractivity contribution in [2.75, 3.05) is 25.0 Å². The van der Waals surface area contributed by atoms with Crippen LogP contribution in [0.4, 0.5) is 10.7 Å². The first-order valence-electron chi connectivity index (χ1n) is 8.32. The van der Waals surface area contributed by atoms with E-state index in [0.717, 1.165) is 24.3 Å². The predicted octanol–water partition coefficient (Wildman–Crippen LogP) is 1.13. The van der Waals surface area contributed by atoms with E-state index < -0.39 is 17.6 Å². The lowest BCUT2D eigenvalue weighted by Gasteiger charge is -2.33. The molecule has 25 heavy (non-hydrogen) atoms. The maximum Gasteiger partial charge on any atom is 0.407 e. The Hall–Kier alpha value is -2.58. The molecule has 2 N–H and O–H groups in total. The van der Waals surface area contributed by atoms with Gasteiger partial charge in [-0.1, -0.05) is 0 Å². The summed E-state index contributed by atoms with van der Waals surface area (Å²) in [6.07, 6.45) is 1.23. The number of imide groups is 1. The maximum atomic E-state index is 12.0. The molecule has 9 heteroatoms. The lowest BCUT2D eigenvalue weighted by Crippen LogP contribution is -2.49. The molecule has 1 fully saturated rings. The van der Waals surface area contributed by atoms with E-state index in [1.54, 1.807) is 0 Å². The van der Waals surface area contributed by atoms with E-state index in [-0.39, 0.29) is 23.3 Å². The third kappa shape index (κ3) is 3.45. The SMILES string of the molecule is CN1C(=O)c2nc(N3CCCC(NC(=O)OC(C)(C)C)C3)[nH]c2C1=O. The molecule has 1 aromatic heterocycles. The average Bonchev–Trinajstić information content (AvgIpc) is 3.03. The fourth-order valence-electron chi connectivity index (χ4n) is 3.00. The molecule has 136 valence electrons. The second-order valence-electron chi connectivity index (χ2n) is 7.38. The van der Waals surface area contributed by atoms with Crippen LogP contribution < -0.4 is 10.2 Å². The zero-order valence-corrected chi connectivity index (χ0v) is 14.9. The highest BCUT2D eigenvalue weighted by Gasteiger charge is 2.38. The Bertz CT molecular complexity index is 687. The topological polar surface area (TPSA) is 108 Å². The number of aromatic nitrogens is 2. The summed E-state index contributed by atoms with van der Waals surface area (Å²) in [7, 11) is 1.43. The van der Waals surface area contributed by atoms with Gasteiger partial charge < -0.3 is 19.9 Å². The molecule has 0 aliphatic carbocycles. The number of ether oxygens (including phenoxy) is 1. The molecule has 2 aliphatic rings. The highest BCUT2D eigenvalue weighted by molar-refractivity contribution is 6.19. The van der Waals surface area contributed by atoms with Gasteiger partial charge in [-0.3, -0.25) is 14.5 Å². The first kappa shape index (κ1) is 17.2. The van der Waals surface area contributed by atoms with Crippen molar-refractivity contribution in [1.29, 1.82) is 0 Å². The fourth-order valence-corrected chi connectivity index (χ4v) is 3.00. The molecule has 2 aliphatic heterocycles. The quantitative estimate of drug-likeness (QED) is 0.775. The normalized spacial score (nSPS) is 20.7. The van der Waals surface area contributed by atoms with Gasteiger partial charge in [0.2, 0.25) is 5.95 Å². The summed E-state index contributed by atoms with van der Waals surface area (Å²) in [6, 6.07) is -0.0855. The number of nitrogens with zero attached hydrogens (tertiary/aromatic N) is 3. The Morgan fingerprint density at radius 1 is 1.32 bits per heavy atom. The maximum absolute atomic E-state index is 12.0. The lowest BCUT2D eigenvalue weighted by molar-refractivity contribution is 0.0499. The summed E-state index contributed by atoms with van der Waals surface area (Å²) in [5, 5.41) is 2.86. The smallest absolute Gasteiger partial charge is 0.407 e. The Balaban J connectivity index is 1.67. The Morgan fingerprint density at radius 3 is 2.68 bits per heavy atom. The number of alkyl carbamates (subject to hydrolysis) is 1. The monoisotopic (exact) mass is 349 g/mol. The number of hydrogen-bond donors (Lipinski definition) is 2. The number of amides is 3. The van der Waals surface area contributed by atoms with E-state index in [1.165, 1.54) is 7.05 Å². The van der Waals surface area contributed by atoms with Crippen molar-refractivity contribution >= 4 is 23.9 Å². The van der Waals surface area contributed by atoms with Crippen molar-refractivity contribution in [3.63, 3.8) is 0 Å². The van der Waals surface area contributed by atoms with Gasteiger partial charge in [-0.05, 0) is 33.6 Å². The Labute approximate surface area is 145 Å². The Morgan fingerprint density at radius 2 is 2.04 bits per heavy atom. The van der Waals surface area contributed by atoms with Crippen LogP contribution in [0.1, 0.15) is 54.6 Å². The van der Waals surface area contributed by atoms with Crippen molar-refractivity contribution in [3.05, 3.63) is 11.4 Å². The number of hydrogen-bond acceptors (Lipinski definition) is 6. The highest BCUT2D eigenvalue weighted by atomic mass is 16.6. The van der Waals surface area contributed by atoms with Gasteiger partial charge in [0.25, 0.3) is 11.8 Å². The minimum Gasteiger partial charge on any atom is -0.444 e. The molecule has 1 unspecified atom stereocenters. The van der Waals surface area contributed by atoms with Crippen LogP contribution in [0.25, 0.3) is 0 Å². The largest absolute Gasteiger partial charge is 0.444 e. The van der Waals surface area contributed by atoms with Crippen LogP contribution in [0.5, 0.6) is 0 Å². The highest BCUT2D eigenvalue weighted by Crippen LogP contribution is 2.24. The number of anilines is 1. The molecular weight excluding hydrogens is 326 g/mol. The summed E-state index contributed by atoms with van der Waals surface area (Å²) in [5.41, 5.74) is -0.165. The van der Waals surface area contributed by atoms with Gasteiger partial charge in [0.1, 0.15) is 11.3 Å². The number of fused-ring (bicyclic) bond motifs is 1. The summed E-state index contributed by atoms with van der Waals surface area (Å²) < 4.78 is 5.28. The zero-order chi connectivity index (χ0) is 18.4. The zero-order valence-electron chi connectivity index (χ0n) is 14.9. The van der Waals surface area contributed by atoms with Gasteiger partial charge in [0.15, 0.2) is 5.69 Å². The number of H-pyrrole nitrogens is 1.